The summed E-state index contributed by atoms with van der Waals surface area (Å²) in [6.45, 7) is 6.06. The Labute approximate surface area is 123 Å². The fraction of sp³-hybridized carbons (Fsp3) is 0.643. The van der Waals surface area contributed by atoms with Gasteiger partial charge < -0.3 is 9.84 Å². The minimum Gasteiger partial charge on any atom is -0.476 e. The predicted molar refractivity (Wildman–Crippen MR) is 75.1 cm³/mol. The minimum absolute atomic E-state index is 0.0419. The van der Waals surface area contributed by atoms with Crippen molar-refractivity contribution in [2.24, 2.45) is 0 Å². The molecule has 1 saturated heterocycles. The largest absolute Gasteiger partial charge is 0.476 e. The molecular formula is C14H21N3O4. The maximum Gasteiger partial charge on any atom is 0.410 e. The Bertz CT molecular complexity index is 533. The summed E-state index contributed by atoms with van der Waals surface area (Å²) in [5.74, 6) is -1.09. The molecule has 21 heavy (non-hydrogen) atoms. The number of aromatic nitrogens is 2. The molecule has 0 spiro atoms. The van der Waals surface area contributed by atoms with Crippen LogP contribution < -0.4 is 0 Å². The second-order valence-corrected chi connectivity index (χ2v) is 6.20. The summed E-state index contributed by atoms with van der Waals surface area (Å²) in [6.07, 6.45) is 2.28. The highest BCUT2D eigenvalue weighted by molar-refractivity contribution is 5.85. The first-order valence-electron chi connectivity index (χ1n) is 7.06. The molecule has 2 N–H and O–H groups in total. The van der Waals surface area contributed by atoms with Crippen LogP contribution in [0.4, 0.5) is 4.79 Å². The van der Waals surface area contributed by atoms with Crippen molar-refractivity contribution in [3.63, 3.8) is 0 Å². The number of aromatic carboxylic acids is 1. The van der Waals surface area contributed by atoms with E-state index in [2.05, 4.69) is 10.2 Å². The number of ether oxygens (including phenoxy) is 1. The van der Waals surface area contributed by atoms with Gasteiger partial charge in [0.1, 0.15) is 5.60 Å². The standard InChI is InChI=1S/C14H21N3O4/c1-14(2,3)21-13(20)17-7-5-4-6-11(17)9-8-10(12(18)19)16-15-9/h8,11H,4-7H2,1-3H3,(H,15,16)(H,18,19)/t11-/m0/s1. The van der Waals surface area contributed by atoms with Gasteiger partial charge in [0, 0.05) is 6.54 Å². The van der Waals surface area contributed by atoms with Crippen molar-refractivity contribution in [2.45, 2.75) is 51.7 Å². The summed E-state index contributed by atoms with van der Waals surface area (Å²) >= 11 is 0. The van der Waals surface area contributed by atoms with Crippen LogP contribution in [0.3, 0.4) is 0 Å². The number of amides is 1. The van der Waals surface area contributed by atoms with Crippen molar-refractivity contribution < 1.29 is 19.4 Å². The zero-order valence-electron chi connectivity index (χ0n) is 12.5. The van der Waals surface area contributed by atoms with Crippen LogP contribution in [-0.4, -0.2) is 44.4 Å². The summed E-state index contributed by atoms with van der Waals surface area (Å²) in [7, 11) is 0. The number of hydrogen-bond acceptors (Lipinski definition) is 4. The number of likely N-dealkylation sites (tertiary alicyclic amines) is 1. The van der Waals surface area contributed by atoms with Gasteiger partial charge in [-0.25, -0.2) is 9.59 Å². The van der Waals surface area contributed by atoms with Crippen LogP contribution in [0, 0.1) is 0 Å². The number of rotatable bonds is 2. The lowest BCUT2D eigenvalue weighted by Crippen LogP contribution is -2.42. The van der Waals surface area contributed by atoms with E-state index in [4.69, 9.17) is 9.84 Å². The molecule has 116 valence electrons. The smallest absolute Gasteiger partial charge is 0.410 e. The normalized spacial score (nSPS) is 19.4. The first-order chi connectivity index (χ1) is 9.78. The molecule has 7 nitrogen and oxygen atoms in total. The third-order valence-corrected chi connectivity index (χ3v) is 3.31. The van der Waals surface area contributed by atoms with Crippen LogP contribution in [0.5, 0.6) is 0 Å². The van der Waals surface area contributed by atoms with E-state index in [1.165, 1.54) is 6.07 Å². The van der Waals surface area contributed by atoms with Gasteiger partial charge >= 0.3 is 12.1 Å². The molecule has 2 heterocycles. The summed E-state index contributed by atoms with van der Waals surface area (Å²) in [5, 5.41) is 15.4. The molecule has 7 heteroatoms. The third-order valence-electron chi connectivity index (χ3n) is 3.31. The maximum atomic E-state index is 12.3. The van der Waals surface area contributed by atoms with Crippen molar-refractivity contribution in [2.75, 3.05) is 6.54 Å². The molecule has 0 unspecified atom stereocenters. The number of hydrogen-bond donors (Lipinski definition) is 2. The second kappa shape index (κ2) is 5.75. The number of carboxylic acid groups (broad SMARTS) is 1. The Morgan fingerprint density at radius 1 is 1.43 bits per heavy atom. The zero-order valence-corrected chi connectivity index (χ0v) is 12.5. The van der Waals surface area contributed by atoms with Crippen molar-refractivity contribution in [1.82, 2.24) is 15.1 Å². The third kappa shape index (κ3) is 3.74. The maximum absolute atomic E-state index is 12.3. The molecule has 1 atom stereocenters. The number of aromatic amines is 1. The molecule has 1 aromatic heterocycles. The number of piperidine rings is 1. The topological polar surface area (TPSA) is 95.5 Å². The lowest BCUT2D eigenvalue weighted by Gasteiger charge is -2.36. The van der Waals surface area contributed by atoms with Crippen LogP contribution >= 0.6 is 0 Å². The molecule has 1 aromatic rings. The van der Waals surface area contributed by atoms with Gasteiger partial charge in [-0.15, -0.1) is 0 Å². The Morgan fingerprint density at radius 2 is 2.14 bits per heavy atom. The number of nitrogens with zero attached hydrogens (tertiary/aromatic N) is 2. The summed E-state index contributed by atoms with van der Waals surface area (Å²) < 4.78 is 5.42. The van der Waals surface area contributed by atoms with E-state index in [0.29, 0.717) is 12.2 Å². The van der Waals surface area contributed by atoms with Gasteiger partial charge in [-0.05, 0) is 46.1 Å². The van der Waals surface area contributed by atoms with Crippen LogP contribution in [0.15, 0.2) is 6.07 Å². The first-order valence-corrected chi connectivity index (χ1v) is 7.06. The highest BCUT2D eigenvalue weighted by atomic mass is 16.6. The summed E-state index contributed by atoms with van der Waals surface area (Å²) in [4.78, 5) is 24.9. The Morgan fingerprint density at radius 3 is 2.71 bits per heavy atom. The number of H-pyrrole nitrogens is 1. The Balaban J connectivity index is 2.18. The number of nitrogens with one attached hydrogen (secondary N) is 1. The number of carbonyl (C=O) groups is 2. The highest BCUT2D eigenvalue weighted by Gasteiger charge is 2.32. The lowest BCUT2D eigenvalue weighted by atomic mass is 10.00. The van der Waals surface area contributed by atoms with Gasteiger partial charge in [0.05, 0.1) is 11.7 Å². The van der Waals surface area contributed by atoms with Crippen LogP contribution in [0.2, 0.25) is 0 Å². The summed E-state index contributed by atoms with van der Waals surface area (Å²) in [5.41, 5.74) is 0.0388. The lowest BCUT2D eigenvalue weighted by molar-refractivity contribution is 0.00899. The minimum atomic E-state index is -1.09. The van der Waals surface area contributed by atoms with E-state index in [9.17, 15) is 9.59 Å². The van der Waals surface area contributed by atoms with Crippen LogP contribution in [0.25, 0.3) is 0 Å². The monoisotopic (exact) mass is 295 g/mol. The number of carboxylic acids is 1. The van der Waals surface area contributed by atoms with E-state index >= 15 is 0 Å². The quantitative estimate of drug-likeness (QED) is 0.874. The van der Waals surface area contributed by atoms with Gasteiger partial charge in [-0.2, -0.15) is 5.10 Å². The Kier molecular flexibility index (Phi) is 4.20. The molecule has 0 bridgehead atoms. The van der Waals surface area contributed by atoms with E-state index in [1.54, 1.807) is 4.90 Å². The van der Waals surface area contributed by atoms with Gasteiger partial charge in [0.15, 0.2) is 5.69 Å². The van der Waals surface area contributed by atoms with Crippen LogP contribution in [0.1, 0.15) is 62.3 Å². The fourth-order valence-corrected chi connectivity index (χ4v) is 2.41. The molecule has 0 aromatic carbocycles. The Hall–Kier alpha value is -2.05. The van der Waals surface area contributed by atoms with Crippen molar-refractivity contribution in [3.05, 3.63) is 17.5 Å². The molecule has 1 amide bonds. The molecule has 1 aliphatic heterocycles. The van der Waals surface area contributed by atoms with Gasteiger partial charge in [0.2, 0.25) is 0 Å². The fourth-order valence-electron chi connectivity index (χ4n) is 2.41. The molecular weight excluding hydrogens is 274 g/mol. The van der Waals surface area contributed by atoms with E-state index < -0.39 is 11.6 Å². The van der Waals surface area contributed by atoms with Crippen molar-refractivity contribution in [1.29, 1.82) is 0 Å². The highest BCUT2D eigenvalue weighted by Crippen LogP contribution is 2.31. The van der Waals surface area contributed by atoms with Gasteiger partial charge in [0.25, 0.3) is 0 Å². The molecule has 0 saturated carbocycles. The zero-order chi connectivity index (χ0) is 15.6. The second-order valence-electron chi connectivity index (χ2n) is 6.20. The van der Waals surface area contributed by atoms with Crippen molar-refractivity contribution >= 4 is 12.1 Å². The van der Waals surface area contributed by atoms with E-state index in [-0.39, 0.29) is 17.8 Å². The predicted octanol–water partition coefficient (Wildman–Crippen LogP) is 2.57. The average molecular weight is 295 g/mol. The molecule has 0 radical (unpaired) electrons. The SMILES string of the molecule is CC(C)(C)OC(=O)N1CCCC[C@H]1c1cc(C(=O)O)n[nH]1. The number of carbonyl (C=O) groups excluding carboxylic acids is 1. The van der Waals surface area contributed by atoms with Crippen molar-refractivity contribution in [3.8, 4) is 0 Å². The van der Waals surface area contributed by atoms with E-state index in [0.717, 1.165) is 19.3 Å². The van der Waals surface area contributed by atoms with Gasteiger partial charge in [-0.1, -0.05) is 0 Å². The average Bonchev–Trinajstić information content (AvgIpc) is 2.86. The molecule has 0 aliphatic carbocycles. The molecule has 1 aliphatic rings. The molecule has 1 fully saturated rings. The summed E-state index contributed by atoms with van der Waals surface area (Å²) in [6, 6.07) is 1.27. The van der Waals surface area contributed by atoms with Gasteiger partial charge in [-0.3, -0.25) is 10.00 Å². The first kappa shape index (κ1) is 15.3. The van der Waals surface area contributed by atoms with Crippen LogP contribution in [-0.2, 0) is 4.74 Å². The molecule has 2 rings (SSSR count). The van der Waals surface area contributed by atoms with E-state index in [1.807, 2.05) is 20.8 Å².